The number of aryl methyl sites for hydroxylation is 2. The second-order valence-corrected chi connectivity index (χ2v) is 6.67. The highest BCUT2D eigenvalue weighted by Crippen LogP contribution is 2.33. The first kappa shape index (κ1) is 15.4. The van der Waals surface area contributed by atoms with Gasteiger partial charge in [0, 0.05) is 43.3 Å². The molecule has 1 saturated heterocycles. The van der Waals surface area contributed by atoms with E-state index in [4.69, 9.17) is 9.15 Å². The summed E-state index contributed by atoms with van der Waals surface area (Å²) in [6.45, 7) is 4.57. The highest BCUT2D eigenvalue weighted by Gasteiger charge is 2.30. The Morgan fingerprint density at radius 3 is 3.08 bits per heavy atom. The van der Waals surface area contributed by atoms with E-state index in [2.05, 4.69) is 35.5 Å². The summed E-state index contributed by atoms with van der Waals surface area (Å²) >= 11 is 0. The van der Waals surface area contributed by atoms with Crippen molar-refractivity contribution in [3.05, 3.63) is 53.5 Å². The van der Waals surface area contributed by atoms with Gasteiger partial charge in [-0.15, -0.1) is 0 Å². The summed E-state index contributed by atoms with van der Waals surface area (Å²) in [6.07, 6.45) is 5.17. The summed E-state index contributed by atoms with van der Waals surface area (Å²) in [5.41, 5.74) is 3.38. The molecule has 0 aliphatic carbocycles. The lowest BCUT2D eigenvalue weighted by atomic mass is 9.97. The predicted molar refractivity (Wildman–Crippen MR) is 92.7 cm³/mol. The molecule has 0 radical (unpaired) electrons. The number of aromatic nitrogens is 2. The second kappa shape index (κ2) is 6.42. The molecule has 1 aliphatic heterocycles. The number of fused-ring (bicyclic) bond motifs is 1. The molecular weight excluding hydrogens is 302 g/mol. The molecule has 0 bridgehead atoms. The normalized spacial score (nSPS) is 20.9. The monoisotopic (exact) mass is 325 g/mol. The Labute approximate surface area is 141 Å². The van der Waals surface area contributed by atoms with Gasteiger partial charge in [0.15, 0.2) is 0 Å². The maximum Gasteiger partial charge on any atom is 0.134 e. The van der Waals surface area contributed by atoms with E-state index in [1.807, 2.05) is 30.2 Å². The lowest BCUT2D eigenvalue weighted by Crippen LogP contribution is -2.24. The molecule has 3 aromatic rings. The molecule has 5 nitrogen and oxygen atoms in total. The van der Waals surface area contributed by atoms with Crippen LogP contribution in [-0.2, 0) is 18.3 Å². The van der Waals surface area contributed by atoms with Crippen molar-refractivity contribution in [1.29, 1.82) is 0 Å². The number of nitrogens with one attached hydrogen (secondary N) is 1. The van der Waals surface area contributed by atoms with Crippen molar-refractivity contribution in [3.8, 4) is 0 Å². The fourth-order valence-electron chi connectivity index (χ4n) is 3.48. The van der Waals surface area contributed by atoms with Gasteiger partial charge in [-0.25, -0.2) is 0 Å². The molecule has 1 fully saturated rings. The average Bonchev–Trinajstić information content (AvgIpc) is 3.26. The van der Waals surface area contributed by atoms with Crippen LogP contribution in [-0.4, -0.2) is 22.9 Å². The van der Waals surface area contributed by atoms with Crippen LogP contribution in [0.25, 0.3) is 11.0 Å². The van der Waals surface area contributed by atoms with Crippen LogP contribution in [0.1, 0.15) is 29.4 Å². The van der Waals surface area contributed by atoms with Crippen molar-refractivity contribution >= 4 is 11.0 Å². The van der Waals surface area contributed by atoms with Crippen molar-refractivity contribution in [1.82, 2.24) is 15.1 Å². The van der Waals surface area contributed by atoms with Gasteiger partial charge in [-0.1, -0.05) is 11.6 Å². The van der Waals surface area contributed by atoms with Gasteiger partial charge in [0.05, 0.1) is 18.8 Å². The van der Waals surface area contributed by atoms with E-state index < -0.39 is 0 Å². The molecule has 0 spiro atoms. The third kappa shape index (κ3) is 3.09. The molecule has 2 unspecified atom stereocenters. The molecule has 0 amide bonds. The van der Waals surface area contributed by atoms with Crippen molar-refractivity contribution in [3.63, 3.8) is 0 Å². The van der Waals surface area contributed by atoms with Gasteiger partial charge >= 0.3 is 0 Å². The van der Waals surface area contributed by atoms with Crippen LogP contribution in [0, 0.1) is 12.8 Å². The first-order valence-corrected chi connectivity index (χ1v) is 8.49. The Morgan fingerprint density at radius 2 is 2.25 bits per heavy atom. The Hall–Kier alpha value is -2.11. The number of hydrogen-bond donors (Lipinski definition) is 1. The van der Waals surface area contributed by atoms with E-state index in [9.17, 15) is 0 Å². The van der Waals surface area contributed by atoms with Crippen LogP contribution in [0.4, 0.5) is 0 Å². The number of hydrogen-bond acceptors (Lipinski definition) is 4. The van der Waals surface area contributed by atoms with Crippen LogP contribution in [0.3, 0.4) is 0 Å². The first-order valence-electron chi connectivity index (χ1n) is 8.49. The highest BCUT2D eigenvalue weighted by atomic mass is 16.5. The van der Waals surface area contributed by atoms with Gasteiger partial charge in [0.1, 0.15) is 11.3 Å². The van der Waals surface area contributed by atoms with E-state index >= 15 is 0 Å². The Balaban J connectivity index is 1.37. The summed E-state index contributed by atoms with van der Waals surface area (Å²) in [7, 11) is 1.94. The molecule has 0 saturated carbocycles. The largest absolute Gasteiger partial charge is 0.460 e. The predicted octanol–water partition coefficient (Wildman–Crippen LogP) is 3.34. The Bertz CT molecular complexity index is 836. The molecule has 1 aliphatic rings. The maximum absolute atomic E-state index is 5.91. The molecule has 5 heteroatoms. The van der Waals surface area contributed by atoms with E-state index in [0.717, 1.165) is 37.5 Å². The summed E-state index contributed by atoms with van der Waals surface area (Å²) < 4.78 is 13.6. The summed E-state index contributed by atoms with van der Waals surface area (Å²) in [4.78, 5) is 0. The number of ether oxygens (including phenoxy) is 1. The van der Waals surface area contributed by atoms with Gasteiger partial charge in [-0.05, 0) is 31.5 Å². The van der Waals surface area contributed by atoms with Gasteiger partial charge in [0.25, 0.3) is 0 Å². The number of furan rings is 1. The minimum Gasteiger partial charge on any atom is -0.460 e. The van der Waals surface area contributed by atoms with Crippen molar-refractivity contribution < 1.29 is 9.15 Å². The van der Waals surface area contributed by atoms with Crippen LogP contribution >= 0.6 is 0 Å². The SMILES string of the molecule is Cc1ccc2oc(CNCC3CCOC3c3cnn(C)c3)cc2c1. The van der Waals surface area contributed by atoms with Crippen molar-refractivity contribution in [2.24, 2.45) is 13.0 Å². The van der Waals surface area contributed by atoms with Crippen LogP contribution in [0.2, 0.25) is 0 Å². The standard InChI is InChI=1S/C19H23N3O2/c1-13-3-4-18-15(7-13)8-17(24-18)11-20-9-14-5-6-23-19(14)16-10-21-22(2)12-16/h3-4,7-8,10,12,14,19-20H,5-6,9,11H2,1-2H3. The topological polar surface area (TPSA) is 52.2 Å². The molecule has 1 aromatic carbocycles. The molecular formula is C19H23N3O2. The van der Waals surface area contributed by atoms with Crippen LogP contribution in [0.15, 0.2) is 41.1 Å². The highest BCUT2D eigenvalue weighted by molar-refractivity contribution is 5.78. The van der Waals surface area contributed by atoms with Crippen LogP contribution < -0.4 is 5.32 Å². The molecule has 2 atom stereocenters. The van der Waals surface area contributed by atoms with E-state index in [1.165, 1.54) is 16.5 Å². The third-order valence-corrected chi connectivity index (χ3v) is 4.70. The smallest absolute Gasteiger partial charge is 0.134 e. The lowest BCUT2D eigenvalue weighted by molar-refractivity contribution is 0.0903. The molecule has 1 N–H and O–H groups in total. The maximum atomic E-state index is 5.91. The zero-order valence-corrected chi connectivity index (χ0v) is 14.2. The number of nitrogens with zero attached hydrogens (tertiary/aromatic N) is 2. The van der Waals surface area contributed by atoms with E-state index in [1.54, 1.807) is 0 Å². The average molecular weight is 325 g/mol. The zero-order chi connectivity index (χ0) is 16.5. The van der Waals surface area contributed by atoms with Gasteiger partial charge in [-0.2, -0.15) is 5.10 Å². The van der Waals surface area contributed by atoms with Gasteiger partial charge in [0.2, 0.25) is 0 Å². The summed E-state index contributed by atoms with van der Waals surface area (Å²) in [6, 6.07) is 8.40. The van der Waals surface area contributed by atoms with Crippen molar-refractivity contribution in [2.75, 3.05) is 13.2 Å². The van der Waals surface area contributed by atoms with E-state index in [0.29, 0.717) is 5.92 Å². The number of benzene rings is 1. The number of rotatable bonds is 5. The first-order chi connectivity index (χ1) is 11.7. The zero-order valence-electron chi connectivity index (χ0n) is 14.2. The summed E-state index contributed by atoms with van der Waals surface area (Å²) in [5.74, 6) is 1.45. The van der Waals surface area contributed by atoms with Gasteiger partial charge < -0.3 is 14.5 Å². The minimum atomic E-state index is 0.143. The Morgan fingerprint density at radius 1 is 1.33 bits per heavy atom. The van der Waals surface area contributed by atoms with Crippen molar-refractivity contribution in [2.45, 2.75) is 26.0 Å². The third-order valence-electron chi connectivity index (χ3n) is 4.70. The quantitative estimate of drug-likeness (QED) is 0.782. The second-order valence-electron chi connectivity index (χ2n) is 6.67. The van der Waals surface area contributed by atoms with Gasteiger partial charge in [-0.3, -0.25) is 4.68 Å². The van der Waals surface area contributed by atoms with E-state index in [-0.39, 0.29) is 6.10 Å². The molecule has 2 aromatic heterocycles. The molecule has 4 rings (SSSR count). The molecule has 126 valence electrons. The Kier molecular flexibility index (Phi) is 4.12. The molecule has 24 heavy (non-hydrogen) atoms. The fourth-order valence-corrected chi connectivity index (χ4v) is 3.48. The minimum absolute atomic E-state index is 0.143. The molecule has 3 heterocycles. The lowest BCUT2D eigenvalue weighted by Gasteiger charge is -2.17. The fraction of sp³-hybridized carbons (Fsp3) is 0.421. The van der Waals surface area contributed by atoms with Crippen LogP contribution in [0.5, 0.6) is 0 Å². The summed E-state index contributed by atoms with van der Waals surface area (Å²) in [5, 5.41) is 8.95.